The second-order valence-corrected chi connectivity index (χ2v) is 3.82. The molecule has 0 aromatic heterocycles. The minimum atomic E-state index is 0.104. The lowest BCUT2D eigenvalue weighted by atomic mass is 10.3. The molecule has 1 aromatic rings. The fraction of sp³-hybridized carbons (Fsp3) is 0.333. The van der Waals surface area contributed by atoms with Crippen LogP contribution in [0.5, 0.6) is 0 Å². The molecule has 4 nitrogen and oxygen atoms in total. The summed E-state index contributed by atoms with van der Waals surface area (Å²) in [5.74, 6) is 0. The fourth-order valence-corrected chi connectivity index (χ4v) is 1.34. The van der Waals surface area contributed by atoms with Crippen LogP contribution in [-0.4, -0.2) is 17.7 Å². The Morgan fingerprint density at radius 1 is 1.41 bits per heavy atom. The molecule has 0 aliphatic rings. The van der Waals surface area contributed by atoms with Crippen LogP contribution in [0.15, 0.2) is 35.3 Å². The molecule has 0 fully saturated rings. The van der Waals surface area contributed by atoms with E-state index in [-0.39, 0.29) is 11.2 Å². The molecule has 1 aromatic carbocycles. The molecule has 0 amide bonds. The lowest BCUT2D eigenvalue weighted by Crippen LogP contribution is -2.24. The molecule has 0 bridgehead atoms. The first-order valence-electron chi connectivity index (χ1n) is 5.56. The van der Waals surface area contributed by atoms with E-state index in [1.54, 1.807) is 0 Å². The molecule has 0 saturated carbocycles. The highest BCUT2D eigenvalue weighted by Crippen LogP contribution is 2.05. The number of ether oxygens (including phenoxy) is 1. The predicted octanol–water partition coefficient (Wildman–Crippen LogP) is 2.51. The number of rotatable bonds is 4. The average molecular weight is 251 g/mol. The van der Waals surface area contributed by atoms with Crippen LogP contribution in [0, 0.1) is 0 Å². The van der Waals surface area contributed by atoms with Gasteiger partial charge in [-0.15, -0.1) is 0 Å². The zero-order valence-corrected chi connectivity index (χ0v) is 10.7. The first-order valence-corrected chi connectivity index (χ1v) is 5.97. The van der Waals surface area contributed by atoms with Crippen LogP contribution in [-0.2, 0) is 4.74 Å². The van der Waals surface area contributed by atoms with Gasteiger partial charge in [-0.2, -0.15) is 0 Å². The quantitative estimate of drug-likeness (QED) is 0.373. The molecule has 5 heteroatoms. The molecule has 0 aliphatic heterocycles. The summed E-state index contributed by atoms with van der Waals surface area (Å²) < 4.78 is 5.15. The zero-order chi connectivity index (χ0) is 12.5. The van der Waals surface area contributed by atoms with E-state index < -0.39 is 0 Å². The van der Waals surface area contributed by atoms with Gasteiger partial charge in [-0.25, -0.2) is 4.99 Å². The number of nitrogens with two attached hydrogens (primary N) is 1. The van der Waals surface area contributed by atoms with Crippen molar-refractivity contribution in [1.82, 2.24) is 0 Å². The van der Waals surface area contributed by atoms with Crippen LogP contribution < -0.4 is 11.1 Å². The number of unbranched alkanes of at least 4 members (excludes halogenated alkanes) is 1. The largest absolute Gasteiger partial charge is 0.399 e. The van der Waals surface area contributed by atoms with Gasteiger partial charge in [0.2, 0.25) is 0 Å². The zero-order valence-electron chi connectivity index (χ0n) is 9.85. The van der Waals surface area contributed by atoms with E-state index in [4.69, 9.17) is 22.7 Å². The number of anilines is 1. The number of amidine groups is 1. The van der Waals surface area contributed by atoms with Gasteiger partial charge in [0.05, 0.1) is 0 Å². The Balaban J connectivity index is 2.37. The molecule has 0 spiro atoms. The van der Waals surface area contributed by atoms with Gasteiger partial charge in [-0.1, -0.05) is 31.5 Å². The summed E-state index contributed by atoms with van der Waals surface area (Å²) in [7, 11) is 0. The van der Waals surface area contributed by atoms with Crippen LogP contribution in [0.4, 0.5) is 5.69 Å². The van der Waals surface area contributed by atoms with Crippen molar-refractivity contribution in [3.8, 4) is 0 Å². The summed E-state index contributed by atoms with van der Waals surface area (Å²) in [5.41, 5.74) is 6.43. The van der Waals surface area contributed by atoms with Crippen LogP contribution >= 0.6 is 12.2 Å². The molecule has 0 radical (unpaired) electrons. The van der Waals surface area contributed by atoms with E-state index in [1.165, 1.54) is 0 Å². The van der Waals surface area contributed by atoms with Crippen molar-refractivity contribution in [3.63, 3.8) is 0 Å². The number of thiocarbonyl (C=S) groups is 1. The second-order valence-electron chi connectivity index (χ2n) is 3.45. The third-order valence-electron chi connectivity index (χ3n) is 2.00. The number of hydrogen-bond acceptors (Lipinski definition) is 3. The van der Waals surface area contributed by atoms with Gasteiger partial charge < -0.3 is 15.8 Å². The Morgan fingerprint density at radius 3 is 2.76 bits per heavy atom. The Hall–Kier alpha value is -1.62. The third-order valence-corrected chi connectivity index (χ3v) is 2.18. The van der Waals surface area contributed by atoms with E-state index in [9.17, 15) is 0 Å². The van der Waals surface area contributed by atoms with Crippen molar-refractivity contribution in [2.24, 2.45) is 10.7 Å². The highest BCUT2D eigenvalue weighted by molar-refractivity contribution is 7.80. The molecule has 17 heavy (non-hydrogen) atoms. The summed E-state index contributed by atoms with van der Waals surface area (Å²) in [6, 6.07) is 9.62. The summed E-state index contributed by atoms with van der Waals surface area (Å²) in [4.78, 5) is 4.04. The summed E-state index contributed by atoms with van der Waals surface area (Å²) in [5, 5.41) is 3.11. The van der Waals surface area contributed by atoms with Crippen molar-refractivity contribution >= 4 is 29.1 Å². The molecule has 92 valence electrons. The topological polar surface area (TPSA) is 59.6 Å². The minimum absolute atomic E-state index is 0.104. The van der Waals surface area contributed by atoms with Gasteiger partial charge in [0.25, 0.3) is 11.2 Å². The van der Waals surface area contributed by atoms with E-state index in [0.717, 1.165) is 18.5 Å². The molecule has 0 aliphatic carbocycles. The molecule has 0 saturated heterocycles. The van der Waals surface area contributed by atoms with E-state index in [0.29, 0.717) is 6.54 Å². The number of benzene rings is 1. The molecule has 0 heterocycles. The maximum atomic E-state index is 5.57. The molecule has 0 atom stereocenters. The number of para-hydroxylation sites is 1. The molecule has 0 unspecified atom stereocenters. The number of aliphatic imine (C=N–C) groups is 1. The first kappa shape index (κ1) is 13.4. The summed E-state index contributed by atoms with van der Waals surface area (Å²) in [6.45, 7) is 2.75. The Bertz CT molecular complexity index is 379. The van der Waals surface area contributed by atoms with Crippen molar-refractivity contribution in [3.05, 3.63) is 30.3 Å². The second kappa shape index (κ2) is 7.62. The SMILES string of the molecule is CCCCN=C(N)OC(=S)Nc1ccccc1. The highest BCUT2D eigenvalue weighted by Gasteiger charge is 2.00. The maximum absolute atomic E-state index is 5.57. The Labute approximate surface area is 107 Å². The molecule has 1 rings (SSSR count). The molecule has 3 N–H and O–H groups in total. The van der Waals surface area contributed by atoms with Gasteiger partial charge in [0, 0.05) is 12.2 Å². The van der Waals surface area contributed by atoms with Crippen molar-refractivity contribution in [1.29, 1.82) is 0 Å². The van der Waals surface area contributed by atoms with Crippen molar-refractivity contribution in [2.45, 2.75) is 19.8 Å². The van der Waals surface area contributed by atoms with Gasteiger partial charge in [-0.3, -0.25) is 0 Å². The van der Waals surface area contributed by atoms with E-state index in [2.05, 4.69) is 17.2 Å². The molecular formula is C12H17N3OS. The number of hydrogen-bond donors (Lipinski definition) is 2. The molecular weight excluding hydrogens is 234 g/mol. The van der Waals surface area contributed by atoms with Gasteiger partial charge in [0.1, 0.15) is 0 Å². The van der Waals surface area contributed by atoms with Gasteiger partial charge >= 0.3 is 0 Å². The standard InChI is InChI=1S/C12H17N3OS/c1-2-3-9-14-11(13)16-12(17)15-10-7-5-4-6-8-10/h4-8H,2-3,9H2,1H3,(H2,13,14)(H,15,17). The maximum Gasteiger partial charge on any atom is 0.289 e. The first-order chi connectivity index (χ1) is 8.22. The summed E-state index contributed by atoms with van der Waals surface area (Å²) >= 11 is 5.00. The fourth-order valence-electron chi connectivity index (χ4n) is 1.14. The van der Waals surface area contributed by atoms with Crippen molar-refractivity contribution in [2.75, 3.05) is 11.9 Å². The lowest BCUT2D eigenvalue weighted by molar-refractivity contribution is 0.542. The van der Waals surface area contributed by atoms with E-state index in [1.807, 2.05) is 30.3 Å². The van der Waals surface area contributed by atoms with Gasteiger partial charge in [-0.05, 0) is 30.8 Å². The van der Waals surface area contributed by atoms with E-state index >= 15 is 0 Å². The summed E-state index contributed by atoms with van der Waals surface area (Å²) in [6.07, 6.45) is 2.06. The number of nitrogens with one attached hydrogen (secondary N) is 1. The van der Waals surface area contributed by atoms with Crippen LogP contribution in [0.2, 0.25) is 0 Å². The Morgan fingerprint density at radius 2 is 2.12 bits per heavy atom. The van der Waals surface area contributed by atoms with Crippen LogP contribution in [0.1, 0.15) is 19.8 Å². The minimum Gasteiger partial charge on any atom is -0.399 e. The highest BCUT2D eigenvalue weighted by atomic mass is 32.1. The van der Waals surface area contributed by atoms with Crippen LogP contribution in [0.25, 0.3) is 0 Å². The van der Waals surface area contributed by atoms with Gasteiger partial charge in [0.15, 0.2) is 0 Å². The number of nitrogens with zero attached hydrogens (tertiary/aromatic N) is 1. The smallest absolute Gasteiger partial charge is 0.289 e. The average Bonchev–Trinajstić information content (AvgIpc) is 2.30. The lowest BCUT2D eigenvalue weighted by Gasteiger charge is -2.08. The normalized spacial score (nSPS) is 11.0. The third kappa shape index (κ3) is 5.87. The predicted molar refractivity (Wildman–Crippen MR) is 75.1 cm³/mol. The monoisotopic (exact) mass is 251 g/mol. The van der Waals surface area contributed by atoms with Crippen molar-refractivity contribution < 1.29 is 4.74 Å². The Kier molecular flexibility index (Phi) is 6.03. The van der Waals surface area contributed by atoms with Crippen LogP contribution in [0.3, 0.4) is 0 Å².